The summed E-state index contributed by atoms with van der Waals surface area (Å²) in [5.74, 6) is -0.0402. The van der Waals surface area contributed by atoms with Crippen molar-refractivity contribution in [2.75, 3.05) is 6.61 Å². The Labute approximate surface area is 112 Å². The molecule has 0 bridgehead atoms. The zero-order valence-corrected chi connectivity index (χ0v) is 11.8. The molecular formula is C16H28O2. The van der Waals surface area contributed by atoms with E-state index >= 15 is 0 Å². The second-order valence-corrected chi connectivity index (χ2v) is 4.53. The van der Waals surface area contributed by atoms with Crippen LogP contribution in [0.15, 0.2) is 24.8 Å². The van der Waals surface area contributed by atoms with Crippen LogP contribution < -0.4 is 0 Å². The molecule has 0 aromatic heterocycles. The van der Waals surface area contributed by atoms with Crippen LogP contribution in [-0.4, -0.2) is 12.6 Å². The first-order valence-electron chi connectivity index (χ1n) is 7.19. The van der Waals surface area contributed by atoms with Crippen molar-refractivity contribution < 1.29 is 9.53 Å². The van der Waals surface area contributed by atoms with Gasteiger partial charge in [0.25, 0.3) is 0 Å². The third-order valence-corrected chi connectivity index (χ3v) is 2.80. The molecule has 2 heteroatoms. The van der Waals surface area contributed by atoms with E-state index in [9.17, 15) is 4.79 Å². The highest BCUT2D eigenvalue weighted by Crippen LogP contribution is 2.08. The zero-order chi connectivity index (χ0) is 13.5. The third-order valence-electron chi connectivity index (χ3n) is 2.80. The lowest BCUT2D eigenvalue weighted by Crippen LogP contribution is -2.05. The van der Waals surface area contributed by atoms with Gasteiger partial charge in [-0.05, 0) is 39.0 Å². The molecule has 0 fully saturated rings. The third kappa shape index (κ3) is 13.0. The summed E-state index contributed by atoms with van der Waals surface area (Å²) in [6, 6.07) is 0. The molecule has 0 aliphatic carbocycles. The fraction of sp³-hybridized carbons (Fsp3) is 0.688. The van der Waals surface area contributed by atoms with Crippen molar-refractivity contribution in [3.63, 3.8) is 0 Å². The van der Waals surface area contributed by atoms with Gasteiger partial charge < -0.3 is 4.74 Å². The minimum atomic E-state index is -0.0402. The summed E-state index contributed by atoms with van der Waals surface area (Å²) in [5, 5.41) is 0. The van der Waals surface area contributed by atoms with Crippen molar-refractivity contribution in [2.45, 2.75) is 64.7 Å². The van der Waals surface area contributed by atoms with Gasteiger partial charge in [-0.3, -0.25) is 4.79 Å². The van der Waals surface area contributed by atoms with Crippen LogP contribution >= 0.6 is 0 Å². The fourth-order valence-corrected chi connectivity index (χ4v) is 1.71. The predicted octanol–water partition coefficient (Wildman–Crippen LogP) is 4.80. The predicted molar refractivity (Wildman–Crippen MR) is 77.5 cm³/mol. The molecule has 0 saturated heterocycles. The molecule has 0 aliphatic heterocycles. The first kappa shape index (κ1) is 16.9. The minimum absolute atomic E-state index is 0.0402. The topological polar surface area (TPSA) is 26.3 Å². The maximum atomic E-state index is 11.4. The Kier molecular flexibility index (Phi) is 13.2. The number of rotatable bonds is 12. The van der Waals surface area contributed by atoms with E-state index in [-0.39, 0.29) is 5.97 Å². The Morgan fingerprint density at radius 1 is 1.06 bits per heavy atom. The standard InChI is InChI=1S/C16H28O2/c1-3-5-7-9-10-11-12-14-16(17)18-15-13-8-6-4-2/h3-4,6H,1,5,7-15H2,2H3/b6-4-. The van der Waals surface area contributed by atoms with Gasteiger partial charge in [0, 0.05) is 6.42 Å². The van der Waals surface area contributed by atoms with E-state index in [1.54, 1.807) is 0 Å². The van der Waals surface area contributed by atoms with Gasteiger partial charge in [-0.1, -0.05) is 37.5 Å². The number of hydrogen-bond donors (Lipinski definition) is 0. The van der Waals surface area contributed by atoms with Gasteiger partial charge in [0.05, 0.1) is 6.61 Å². The Morgan fingerprint density at radius 2 is 1.78 bits per heavy atom. The second-order valence-electron chi connectivity index (χ2n) is 4.53. The van der Waals surface area contributed by atoms with Gasteiger partial charge in [-0.15, -0.1) is 6.58 Å². The molecule has 0 atom stereocenters. The molecule has 104 valence electrons. The van der Waals surface area contributed by atoms with Crippen molar-refractivity contribution in [1.29, 1.82) is 0 Å². The lowest BCUT2D eigenvalue weighted by Gasteiger charge is -2.03. The van der Waals surface area contributed by atoms with Crippen LogP contribution in [0.25, 0.3) is 0 Å². The summed E-state index contributed by atoms with van der Waals surface area (Å²) in [4.78, 5) is 11.4. The van der Waals surface area contributed by atoms with Crippen molar-refractivity contribution in [2.24, 2.45) is 0 Å². The molecule has 0 aromatic rings. The highest BCUT2D eigenvalue weighted by atomic mass is 16.5. The highest BCUT2D eigenvalue weighted by Gasteiger charge is 2.01. The lowest BCUT2D eigenvalue weighted by atomic mass is 10.1. The zero-order valence-electron chi connectivity index (χ0n) is 11.8. The number of esters is 1. The molecule has 0 amide bonds. The summed E-state index contributed by atoms with van der Waals surface area (Å²) in [5.41, 5.74) is 0. The lowest BCUT2D eigenvalue weighted by molar-refractivity contribution is -0.143. The first-order valence-corrected chi connectivity index (χ1v) is 7.19. The van der Waals surface area contributed by atoms with Crippen LogP contribution in [0.1, 0.15) is 64.7 Å². The average Bonchev–Trinajstić information content (AvgIpc) is 2.37. The van der Waals surface area contributed by atoms with E-state index in [2.05, 4.69) is 12.7 Å². The van der Waals surface area contributed by atoms with Crippen molar-refractivity contribution >= 4 is 5.97 Å². The maximum Gasteiger partial charge on any atom is 0.305 e. The van der Waals surface area contributed by atoms with E-state index in [0.29, 0.717) is 13.0 Å². The molecule has 0 aromatic carbocycles. The Morgan fingerprint density at radius 3 is 2.50 bits per heavy atom. The Balaban J connectivity index is 3.19. The van der Waals surface area contributed by atoms with E-state index in [1.807, 2.05) is 19.1 Å². The van der Waals surface area contributed by atoms with Crippen LogP contribution in [0.4, 0.5) is 0 Å². The molecule has 0 spiro atoms. The molecule has 0 heterocycles. The first-order chi connectivity index (χ1) is 8.81. The van der Waals surface area contributed by atoms with Gasteiger partial charge in [0.1, 0.15) is 0 Å². The van der Waals surface area contributed by atoms with Crippen molar-refractivity contribution in [3.05, 3.63) is 24.8 Å². The van der Waals surface area contributed by atoms with Gasteiger partial charge in [-0.25, -0.2) is 0 Å². The number of allylic oxidation sites excluding steroid dienone is 3. The summed E-state index contributed by atoms with van der Waals surface area (Å²) in [6.45, 7) is 6.26. The molecule has 0 unspecified atom stereocenters. The molecular weight excluding hydrogens is 224 g/mol. The average molecular weight is 252 g/mol. The fourth-order valence-electron chi connectivity index (χ4n) is 1.71. The largest absolute Gasteiger partial charge is 0.466 e. The van der Waals surface area contributed by atoms with Gasteiger partial charge >= 0.3 is 5.97 Å². The smallest absolute Gasteiger partial charge is 0.305 e. The number of carbonyl (C=O) groups excluding carboxylic acids is 1. The summed E-state index contributed by atoms with van der Waals surface area (Å²) < 4.78 is 5.15. The van der Waals surface area contributed by atoms with Gasteiger partial charge in [0.2, 0.25) is 0 Å². The number of ether oxygens (including phenoxy) is 1. The molecule has 0 radical (unpaired) electrons. The quantitative estimate of drug-likeness (QED) is 0.283. The van der Waals surface area contributed by atoms with E-state index < -0.39 is 0 Å². The number of hydrogen-bond acceptors (Lipinski definition) is 2. The Bertz CT molecular complexity index is 231. The van der Waals surface area contributed by atoms with Crippen LogP contribution in [0.5, 0.6) is 0 Å². The summed E-state index contributed by atoms with van der Waals surface area (Å²) >= 11 is 0. The molecule has 0 rings (SSSR count). The van der Waals surface area contributed by atoms with E-state index in [0.717, 1.165) is 32.1 Å². The monoisotopic (exact) mass is 252 g/mol. The molecule has 0 N–H and O–H groups in total. The van der Waals surface area contributed by atoms with Crippen molar-refractivity contribution in [3.8, 4) is 0 Å². The summed E-state index contributed by atoms with van der Waals surface area (Å²) in [7, 11) is 0. The number of unbranched alkanes of at least 4 members (excludes halogenated alkanes) is 6. The minimum Gasteiger partial charge on any atom is -0.466 e. The summed E-state index contributed by atoms with van der Waals surface area (Å²) in [6.07, 6.45) is 15.4. The van der Waals surface area contributed by atoms with Gasteiger partial charge in [-0.2, -0.15) is 0 Å². The van der Waals surface area contributed by atoms with Crippen LogP contribution in [0.2, 0.25) is 0 Å². The number of carbonyl (C=O) groups is 1. The second kappa shape index (κ2) is 14.0. The van der Waals surface area contributed by atoms with Crippen LogP contribution in [0, 0.1) is 0 Å². The normalized spacial score (nSPS) is 10.7. The molecule has 18 heavy (non-hydrogen) atoms. The van der Waals surface area contributed by atoms with Crippen molar-refractivity contribution in [1.82, 2.24) is 0 Å². The maximum absolute atomic E-state index is 11.4. The Hall–Kier alpha value is -1.05. The molecule has 0 aliphatic rings. The van der Waals surface area contributed by atoms with Crippen LogP contribution in [0.3, 0.4) is 0 Å². The van der Waals surface area contributed by atoms with Gasteiger partial charge in [0.15, 0.2) is 0 Å². The van der Waals surface area contributed by atoms with E-state index in [4.69, 9.17) is 4.74 Å². The molecule has 0 saturated carbocycles. The SMILES string of the molecule is C=CCCCCCCCC(=O)OCCC/C=C\C. The highest BCUT2D eigenvalue weighted by molar-refractivity contribution is 5.69. The molecule has 2 nitrogen and oxygen atoms in total. The van der Waals surface area contributed by atoms with E-state index in [1.165, 1.54) is 19.3 Å². The van der Waals surface area contributed by atoms with Crippen LogP contribution in [-0.2, 0) is 9.53 Å².